The van der Waals surface area contributed by atoms with Gasteiger partial charge >= 0.3 is 0 Å². The Morgan fingerprint density at radius 3 is 2.05 bits per heavy atom. The van der Waals surface area contributed by atoms with Crippen molar-refractivity contribution in [2.45, 2.75) is 61.5 Å². The molecule has 0 amide bonds. The van der Waals surface area contributed by atoms with Crippen molar-refractivity contribution in [1.29, 1.82) is 0 Å². The van der Waals surface area contributed by atoms with Crippen LogP contribution in [0.25, 0.3) is 0 Å². The Balaban J connectivity index is 1.63. The standard InChI is InChI=1S/C28H36N2O7S3/c1-20-8-5-6-10-25(20)29-39(31,32)23-11-13-24(14-12-23)40(33,34)30(19-22-9-7-15-38-22)18-21-16-26(35-2)28(37-4)27(17-21)36-3/h7,9,11-17,20,25,29H,5-6,8,10,18-19H2,1-4H3/t20-,25+/m1/s1. The normalized spacial score (nSPS) is 18.0. The van der Waals surface area contributed by atoms with Crippen molar-refractivity contribution in [2.75, 3.05) is 21.3 Å². The fourth-order valence-corrected chi connectivity index (χ4v) is 8.52. The summed E-state index contributed by atoms with van der Waals surface area (Å²) in [6.07, 6.45) is 3.87. The lowest BCUT2D eigenvalue weighted by atomic mass is 9.87. The Kier molecular flexibility index (Phi) is 9.78. The van der Waals surface area contributed by atoms with Crippen LogP contribution in [0.1, 0.15) is 43.0 Å². The second-order valence-corrected chi connectivity index (χ2v) is 14.5. The van der Waals surface area contributed by atoms with Crippen LogP contribution < -0.4 is 18.9 Å². The number of nitrogens with one attached hydrogen (secondary N) is 1. The van der Waals surface area contributed by atoms with E-state index in [1.54, 1.807) is 12.1 Å². The Labute approximate surface area is 241 Å². The van der Waals surface area contributed by atoms with Gasteiger partial charge in [-0.25, -0.2) is 21.6 Å². The molecule has 12 heteroatoms. The van der Waals surface area contributed by atoms with E-state index in [-0.39, 0.29) is 34.8 Å². The molecule has 2 aromatic carbocycles. The molecule has 218 valence electrons. The van der Waals surface area contributed by atoms with Gasteiger partial charge in [0, 0.05) is 24.0 Å². The van der Waals surface area contributed by atoms with Crippen LogP contribution in [0.5, 0.6) is 17.2 Å². The molecule has 9 nitrogen and oxygen atoms in total. The molecular formula is C28H36N2O7S3. The average molecular weight is 609 g/mol. The Bertz CT molecular complexity index is 1460. The lowest BCUT2D eigenvalue weighted by Gasteiger charge is -2.29. The third-order valence-electron chi connectivity index (χ3n) is 7.19. The number of methoxy groups -OCH3 is 3. The predicted octanol–water partition coefficient (Wildman–Crippen LogP) is 5.02. The first-order valence-corrected chi connectivity index (χ1v) is 16.8. The highest BCUT2D eigenvalue weighted by Gasteiger charge is 2.29. The fraction of sp³-hybridized carbons (Fsp3) is 0.429. The number of nitrogens with zero attached hydrogens (tertiary/aromatic N) is 1. The highest BCUT2D eigenvalue weighted by molar-refractivity contribution is 7.89. The fourth-order valence-electron chi connectivity index (χ4n) is 4.93. The third kappa shape index (κ3) is 6.80. The molecule has 0 bridgehead atoms. The molecule has 1 N–H and O–H groups in total. The van der Waals surface area contributed by atoms with Gasteiger partial charge in [-0.3, -0.25) is 0 Å². The van der Waals surface area contributed by atoms with Crippen molar-refractivity contribution in [3.8, 4) is 17.2 Å². The van der Waals surface area contributed by atoms with Crippen LogP contribution in [0.15, 0.2) is 63.7 Å². The molecule has 40 heavy (non-hydrogen) atoms. The van der Waals surface area contributed by atoms with Crippen molar-refractivity contribution < 1.29 is 31.0 Å². The van der Waals surface area contributed by atoms with Gasteiger partial charge in [-0.05, 0) is 72.2 Å². The van der Waals surface area contributed by atoms with Gasteiger partial charge in [0.25, 0.3) is 0 Å². The maximum absolute atomic E-state index is 13.9. The number of hydrogen-bond acceptors (Lipinski definition) is 8. The van der Waals surface area contributed by atoms with Crippen LogP contribution in [0, 0.1) is 5.92 Å². The molecule has 0 saturated heterocycles. The minimum Gasteiger partial charge on any atom is -0.493 e. The third-order valence-corrected chi connectivity index (χ3v) is 11.4. The van der Waals surface area contributed by atoms with E-state index in [1.165, 1.54) is 61.2 Å². The quantitative estimate of drug-likeness (QED) is 0.307. The van der Waals surface area contributed by atoms with Gasteiger partial charge in [0.05, 0.1) is 31.1 Å². The largest absolute Gasteiger partial charge is 0.493 e. The van der Waals surface area contributed by atoms with Crippen LogP contribution in [-0.4, -0.2) is 48.5 Å². The number of thiophene rings is 1. The average Bonchev–Trinajstić information content (AvgIpc) is 3.46. The van der Waals surface area contributed by atoms with E-state index in [4.69, 9.17) is 14.2 Å². The molecule has 1 fully saturated rings. The summed E-state index contributed by atoms with van der Waals surface area (Å²) in [7, 11) is -3.30. The van der Waals surface area contributed by atoms with Gasteiger partial charge in [0.15, 0.2) is 11.5 Å². The van der Waals surface area contributed by atoms with E-state index in [1.807, 2.05) is 17.5 Å². The van der Waals surface area contributed by atoms with Crippen LogP contribution in [0.2, 0.25) is 0 Å². The number of sulfonamides is 2. The first-order valence-electron chi connectivity index (χ1n) is 13.0. The summed E-state index contributed by atoms with van der Waals surface area (Å²) < 4.78 is 74.4. The molecule has 1 aromatic heterocycles. The monoisotopic (exact) mass is 608 g/mol. The molecule has 1 saturated carbocycles. The molecular weight excluding hydrogens is 573 g/mol. The van der Waals surface area contributed by atoms with Gasteiger partial charge in [0.2, 0.25) is 25.8 Å². The van der Waals surface area contributed by atoms with Crippen molar-refractivity contribution in [1.82, 2.24) is 9.03 Å². The number of hydrogen-bond donors (Lipinski definition) is 1. The summed E-state index contributed by atoms with van der Waals surface area (Å²) in [6, 6.07) is 12.5. The minimum absolute atomic E-state index is 0.00137. The molecule has 1 aliphatic rings. The molecule has 4 rings (SSSR count). The lowest BCUT2D eigenvalue weighted by Crippen LogP contribution is -2.40. The zero-order chi connectivity index (χ0) is 28.9. The second kappa shape index (κ2) is 12.9. The molecule has 0 aliphatic heterocycles. The molecule has 1 heterocycles. The minimum atomic E-state index is -4.02. The highest BCUT2D eigenvalue weighted by atomic mass is 32.2. The highest BCUT2D eigenvalue weighted by Crippen LogP contribution is 2.39. The van der Waals surface area contributed by atoms with Crippen molar-refractivity contribution in [3.05, 3.63) is 64.4 Å². The van der Waals surface area contributed by atoms with Gasteiger partial charge in [-0.1, -0.05) is 25.8 Å². The molecule has 2 atom stereocenters. The van der Waals surface area contributed by atoms with Gasteiger partial charge in [-0.15, -0.1) is 11.3 Å². The molecule has 3 aromatic rings. The van der Waals surface area contributed by atoms with E-state index in [9.17, 15) is 16.8 Å². The predicted molar refractivity (Wildman–Crippen MR) is 155 cm³/mol. The maximum Gasteiger partial charge on any atom is 0.243 e. The molecule has 0 spiro atoms. The molecule has 0 unspecified atom stereocenters. The summed E-state index contributed by atoms with van der Waals surface area (Å²) in [6.45, 7) is 2.22. The van der Waals surface area contributed by atoms with E-state index in [2.05, 4.69) is 11.6 Å². The van der Waals surface area contributed by atoms with Crippen LogP contribution in [-0.2, 0) is 33.1 Å². The first kappa shape index (κ1) is 30.3. The zero-order valence-corrected chi connectivity index (χ0v) is 25.6. The lowest BCUT2D eigenvalue weighted by molar-refractivity contribution is 0.310. The van der Waals surface area contributed by atoms with Gasteiger partial charge in [-0.2, -0.15) is 4.31 Å². The maximum atomic E-state index is 13.9. The van der Waals surface area contributed by atoms with Crippen LogP contribution >= 0.6 is 11.3 Å². The van der Waals surface area contributed by atoms with Crippen molar-refractivity contribution in [3.63, 3.8) is 0 Å². The van der Waals surface area contributed by atoms with E-state index >= 15 is 0 Å². The molecule has 0 radical (unpaired) electrons. The number of benzene rings is 2. The van der Waals surface area contributed by atoms with E-state index < -0.39 is 20.0 Å². The van der Waals surface area contributed by atoms with Crippen molar-refractivity contribution >= 4 is 31.4 Å². The number of rotatable bonds is 12. The Hall–Kier alpha value is -2.64. The first-order chi connectivity index (χ1) is 19.1. The summed E-state index contributed by atoms with van der Waals surface area (Å²) >= 11 is 1.45. The second-order valence-electron chi connectivity index (χ2n) is 9.85. The van der Waals surface area contributed by atoms with Gasteiger partial charge < -0.3 is 14.2 Å². The summed E-state index contributed by atoms with van der Waals surface area (Å²) in [5.41, 5.74) is 0.639. The van der Waals surface area contributed by atoms with Crippen LogP contribution in [0.4, 0.5) is 0 Å². The van der Waals surface area contributed by atoms with Crippen molar-refractivity contribution in [2.24, 2.45) is 5.92 Å². The zero-order valence-electron chi connectivity index (χ0n) is 23.1. The van der Waals surface area contributed by atoms with Gasteiger partial charge in [0.1, 0.15) is 0 Å². The smallest absolute Gasteiger partial charge is 0.243 e. The number of ether oxygens (including phenoxy) is 3. The van der Waals surface area contributed by atoms with E-state index in [0.29, 0.717) is 22.8 Å². The Morgan fingerprint density at radius 1 is 0.875 bits per heavy atom. The Morgan fingerprint density at radius 2 is 1.50 bits per heavy atom. The summed E-state index contributed by atoms with van der Waals surface area (Å²) in [5, 5.41) is 1.89. The topological polar surface area (TPSA) is 111 Å². The van der Waals surface area contributed by atoms with Crippen LogP contribution in [0.3, 0.4) is 0 Å². The van der Waals surface area contributed by atoms with E-state index in [0.717, 1.165) is 30.6 Å². The summed E-state index contributed by atoms with van der Waals surface area (Å²) in [4.78, 5) is 0.904. The summed E-state index contributed by atoms with van der Waals surface area (Å²) in [5.74, 6) is 1.50. The molecule has 1 aliphatic carbocycles. The SMILES string of the molecule is COc1cc(CN(Cc2cccs2)S(=O)(=O)c2ccc(S(=O)(=O)N[C@H]3CCCC[C@H]3C)cc2)cc(OC)c1OC.